The quantitative estimate of drug-likeness (QED) is 0.687. The van der Waals surface area contributed by atoms with Gasteiger partial charge in [0.1, 0.15) is 0 Å². The predicted molar refractivity (Wildman–Crippen MR) is 51.1 cm³/mol. The molecule has 0 spiro atoms. The Kier molecular flexibility index (Phi) is 3.39. The lowest BCUT2D eigenvalue weighted by atomic mass is 10.2. The number of halogens is 2. The largest absolute Gasteiger partial charge is 0.343 e. The van der Waals surface area contributed by atoms with Crippen LogP contribution in [0.4, 0.5) is 0 Å². The first-order valence-electron chi connectivity index (χ1n) is 3.53. The summed E-state index contributed by atoms with van der Waals surface area (Å²) < 4.78 is 3.76. The van der Waals surface area contributed by atoms with Crippen LogP contribution in [0.5, 0.6) is 0 Å². The van der Waals surface area contributed by atoms with Crippen LogP contribution in [-0.2, 0) is 9.26 Å². The van der Waals surface area contributed by atoms with Gasteiger partial charge in [-0.2, -0.15) is 0 Å². The molecule has 3 heteroatoms. The van der Waals surface area contributed by atoms with Crippen molar-refractivity contribution >= 4 is 23.2 Å². The first-order valence-corrected chi connectivity index (χ1v) is 4.29. The molecule has 12 heavy (non-hydrogen) atoms. The highest BCUT2D eigenvalue weighted by Gasteiger charge is 2.26. The van der Waals surface area contributed by atoms with Gasteiger partial charge in [-0.1, -0.05) is 53.5 Å². The Balaban J connectivity index is 2.82. The minimum absolute atomic E-state index is 0.238. The lowest BCUT2D eigenvalue weighted by molar-refractivity contribution is 0.0998. The van der Waals surface area contributed by atoms with Crippen molar-refractivity contribution in [2.45, 2.75) is 4.52 Å². The molecule has 1 radical (unpaired) electrons. The third-order valence-electron chi connectivity index (χ3n) is 1.39. The molecule has 0 amide bonds. The molecule has 0 aliphatic carbocycles. The molecule has 65 valence electrons. The van der Waals surface area contributed by atoms with Gasteiger partial charge in [0.05, 0.1) is 6.61 Å². The second-order valence-corrected chi connectivity index (χ2v) is 3.49. The third-order valence-corrected chi connectivity index (χ3v) is 2.05. The van der Waals surface area contributed by atoms with E-state index in [1.807, 2.05) is 18.2 Å². The summed E-state index contributed by atoms with van der Waals surface area (Å²) in [6, 6.07) is 9.19. The van der Waals surface area contributed by atoms with Crippen LogP contribution in [0, 0.1) is 6.92 Å². The number of alkyl halides is 2. The van der Waals surface area contributed by atoms with E-state index < -0.39 is 4.52 Å². The summed E-state index contributed by atoms with van der Waals surface area (Å²) in [6.45, 7) is 3.74. The van der Waals surface area contributed by atoms with E-state index >= 15 is 0 Å². The Morgan fingerprint density at radius 3 is 2.33 bits per heavy atom. The third kappa shape index (κ3) is 2.37. The summed E-state index contributed by atoms with van der Waals surface area (Å²) >= 11 is 11.7. The van der Waals surface area contributed by atoms with Crippen molar-refractivity contribution in [2.75, 3.05) is 6.61 Å². The fourth-order valence-corrected chi connectivity index (χ4v) is 1.25. The lowest BCUT2D eigenvalue weighted by Gasteiger charge is -2.19. The molecule has 1 aromatic rings. The van der Waals surface area contributed by atoms with Crippen LogP contribution in [-0.4, -0.2) is 6.61 Å². The van der Waals surface area contributed by atoms with Gasteiger partial charge in [0.2, 0.25) is 4.52 Å². The smallest absolute Gasteiger partial charge is 0.244 e. The van der Waals surface area contributed by atoms with Gasteiger partial charge < -0.3 is 4.74 Å². The zero-order valence-corrected chi connectivity index (χ0v) is 7.98. The highest BCUT2D eigenvalue weighted by atomic mass is 35.5. The Labute approximate surface area is 82.2 Å². The van der Waals surface area contributed by atoms with E-state index in [0.717, 1.165) is 5.56 Å². The van der Waals surface area contributed by atoms with E-state index in [1.54, 1.807) is 12.1 Å². The maximum absolute atomic E-state index is 5.86. The second-order valence-electron chi connectivity index (χ2n) is 2.23. The van der Waals surface area contributed by atoms with Gasteiger partial charge in [-0.15, -0.1) is 0 Å². The molecule has 0 atom stereocenters. The Morgan fingerprint density at radius 2 is 1.83 bits per heavy atom. The van der Waals surface area contributed by atoms with Crippen LogP contribution in [0.1, 0.15) is 5.56 Å². The number of hydrogen-bond acceptors (Lipinski definition) is 1. The van der Waals surface area contributed by atoms with E-state index in [1.165, 1.54) is 0 Å². The molecule has 0 heterocycles. The van der Waals surface area contributed by atoms with Crippen LogP contribution in [0.3, 0.4) is 0 Å². The van der Waals surface area contributed by atoms with Gasteiger partial charge in [0.15, 0.2) is 0 Å². The molecule has 0 saturated carbocycles. The molecule has 0 aliphatic rings. The fourth-order valence-electron chi connectivity index (χ4n) is 0.844. The first kappa shape index (κ1) is 9.85. The second kappa shape index (κ2) is 4.13. The minimum Gasteiger partial charge on any atom is -0.343 e. The first-order chi connectivity index (χ1) is 5.67. The number of ether oxygens (including phenoxy) is 1. The summed E-state index contributed by atoms with van der Waals surface area (Å²) in [5.74, 6) is 0. The van der Waals surface area contributed by atoms with Crippen molar-refractivity contribution in [2.24, 2.45) is 0 Å². The molecule has 0 saturated heterocycles. The molecule has 1 aromatic carbocycles. The van der Waals surface area contributed by atoms with Gasteiger partial charge in [0.25, 0.3) is 0 Å². The van der Waals surface area contributed by atoms with Crippen molar-refractivity contribution in [3.05, 3.63) is 42.8 Å². The molecular weight excluding hydrogens is 195 g/mol. The topological polar surface area (TPSA) is 9.23 Å². The van der Waals surface area contributed by atoms with Gasteiger partial charge in [-0.05, 0) is 6.92 Å². The summed E-state index contributed by atoms with van der Waals surface area (Å²) in [6.07, 6.45) is 0. The molecule has 0 aromatic heterocycles. The molecule has 1 nitrogen and oxygen atoms in total. The van der Waals surface area contributed by atoms with Gasteiger partial charge in [-0.3, -0.25) is 0 Å². The highest BCUT2D eigenvalue weighted by molar-refractivity contribution is 6.46. The summed E-state index contributed by atoms with van der Waals surface area (Å²) in [5.41, 5.74) is 0.719. The average molecular weight is 204 g/mol. The molecule has 0 bridgehead atoms. The zero-order valence-electron chi connectivity index (χ0n) is 6.47. The maximum atomic E-state index is 5.86. The molecule has 0 fully saturated rings. The lowest BCUT2D eigenvalue weighted by Crippen LogP contribution is -2.14. The number of benzene rings is 1. The van der Waals surface area contributed by atoms with Crippen LogP contribution >= 0.6 is 23.2 Å². The van der Waals surface area contributed by atoms with E-state index in [0.29, 0.717) is 0 Å². The summed E-state index contributed by atoms with van der Waals surface area (Å²) in [7, 11) is 0. The van der Waals surface area contributed by atoms with Crippen LogP contribution in [0.15, 0.2) is 30.3 Å². The highest BCUT2D eigenvalue weighted by Crippen LogP contribution is 2.34. The normalized spacial score (nSPS) is 11.6. The predicted octanol–water partition coefficient (Wildman–Crippen LogP) is 3.13. The Morgan fingerprint density at radius 1 is 1.25 bits per heavy atom. The average Bonchev–Trinajstić information content (AvgIpc) is 2.06. The van der Waals surface area contributed by atoms with Crippen LogP contribution < -0.4 is 0 Å². The van der Waals surface area contributed by atoms with E-state index in [2.05, 4.69) is 6.92 Å². The SMILES string of the molecule is [CH2]COC(Cl)(Cl)c1ccccc1. The van der Waals surface area contributed by atoms with E-state index in [4.69, 9.17) is 27.9 Å². The molecule has 1 rings (SSSR count). The molecule has 0 aliphatic heterocycles. The minimum atomic E-state index is -1.27. The van der Waals surface area contributed by atoms with Gasteiger partial charge >= 0.3 is 0 Å². The van der Waals surface area contributed by atoms with E-state index in [-0.39, 0.29) is 6.61 Å². The van der Waals surface area contributed by atoms with Crippen molar-refractivity contribution in [3.63, 3.8) is 0 Å². The van der Waals surface area contributed by atoms with E-state index in [9.17, 15) is 0 Å². The van der Waals surface area contributed by atoms with Crippen LogP contribution in [0.25, 0.3) is 0 Å². The fraction of sp³-hybridized carbons (Fsp3) is 0.222. The molecule has 0 unspecified atom stereocenters. The summed E-state index contributed by atoms with van der Waals surface area (Å²) in [5, 5.41) is 0. The Bertz CT molecular complexity index is 234. The monoisotopic (exact) mass is 203 g/mol. The van der Waals surface area contributed by atoms with Gasteiger partial charge in [-0.25, -0.2) is 0 Å². The van der Waals surface area contributed by atoms with Crippen molar-refractivity contribution in [1.82, 2.24) is 0 Å². The maximum Gasteiger partial charge on any atom is 0.244 e. The molecule has 0 N–H and O–H groups in total. The Hall–Kier alpha value is -0.240. The summed E-state index contributed by atoms with van der Waals surface area (Å²) in [4.78, 5) is 0. The zero-order chi connectivity index (χ0) is 9.03. The van der Waals surface area contributed by atoms with Crippen molar-refractivity contribution in [1.29, 1.82) is 0 Å². The number of hydrogen-bond donors (Lipinski definition) is 0. The standard InChI is InChI=1S/C9H9Cl2O/c1-2-12-9(10,11)8-6-4-3-5-7-8/h3-7H,1-2H2. The van der Waals surface area contributed by atoms with Crippen molar-refractivity contribution < 1.29 is 4.74 Å². The number of rotatable bonds is 3. The molecular formula is C9H9Cl2O. The van der Waals surface area contributed by atoms with Crippen molar-refractivity contribution in [3.8, 4) is 0 Å². The van der Waals surface area contributed by atoms with Crippen LogP contribution in [0.2, 0.25) is 0 Å². The van der Waals surface area contributed by atoms with Gasteiger partial charge in [0, 0.05) is 5.56 Å².